The summed E-state index contributed by atoms with van der Waals surface area (Å²) in [5.74, 6) is 0. The molecule has 3 rings (SSSR count). The molecule has 0 aromatic carbocycles. The molecular formula is C13H17ClZr. The van der Waals surface area contributed by atoms with Gasteiger partial charge in [0.1, 0.15) is 0 Å². The van der Waals surface area contributed by atoms with Crippen LogP contribution in [0.1, 0.15) is 12.8 Å². The average molecular weight is 300 g/mol. The smallest absolute Gasteiger partial charge is 1.00 e. The molecule has 1 aliphatic heterocycles. The summed E-state index contributed by atoms with van der Waals surface area (Å²) in [6, 6.07) is 0. The van der Waals surface area contributed by atoms with Gasteiger partial charge in [0, 0.05) is 0 Å². The van der Waals surface area contributed by atoms with Crippen LogP contribution >= 0.6 is 0 Å². The molecule has 80 valence electrons. The summed E-state index contributed by atoms with van der Waals surface area (Å²) in [6.45, 7) is 0. The van der Waals surface area contributed by atoms with E-state index in [2.05, 4.69) is 41.1 Å². The van der Waals surface area contributed by atoms with E-state index in [-0.39, 0.29) is 12.4 Å². The van der Waals surface area contributed by atoms with Gasteiger partial charge in [0.2, 0.25) is 0 Å². The Morgan fingerprint density at radius 2 is 1.40 bits per heavy atom. The van der Waals surface area contributed by atoms with E-state index in [0.717, 1.165) is 0 Å². The van der Waals surface area contributed by atoms with Crippen molar-refractivity contribution in [2.24, 2.45) is 0 Å². The van der Waals surface area contributed by atoms with Crippen molar-refractivity contribution >= 4 is 0 Å². The van der Waals surface area contributed by atoms with Crippen LogP contribution in [-0.2, 0) is 18.8 Å². The molecule has 0 nitrogen and oxygen atoms in total. The number of hydrogen-bond acceptors (Lipinski definition) is 0. The zero-order valence-corrected chi connectivity index (χ0v) is 12.4. The van der Waals surface area contributed by atoms with E-state index in [4.69, 9.17) is 0 Å². The number of rotatable bonds is 2. The second-order valence-electron chi connectivity index (χ2n) is 5.44. The fourth-order valence-electron chi connectivity index (χ4n) is 3.07. The van der Waals surface area contributed by atoms with Gasteiger partial charge in [-0.3, -0.25) is 0 Å². The number of hydrogen-bond donors (Lipinski definition) is 0. The van der Waals surface area contributed by atoms with E-state index in [1.54, 1.807) is 8.26 Å². The Morgan fingerprint density at radius 3 is 1.67 bits per heavy atom. The predicted octanol–water partition coefficient (Wildman–Crippen LogP) is 1.27. The minimum absolute atomic E-state index is 0. The van der Waals surface area contributed by atoms with Gasteiger partial charge in [-0.15, -0.1) is 0 Å². The second-order valence-corrected chi connectivity index (χ2v) is 22.3. The van der Waals surface area contributed by atoms with E-state index in [0.29, 0.717) is 0 Å². The molecule has 0 atom stereocenters. The van der Waals surface area contributed by atoms with Gasteiger partial charge in [-0.25, -0.2) is 0 Å². The minimum Gasteiger partial charge on any atom is -1.00 e. The molecule has 0 aromatic rings. The van der Waals surface area contributed by atoms with Crippen LogP contribution in [0.2, 0.25) is 12.9 Å². The van der Waals surface area contributed by atoms with Crippen molar-refractivity contribution in [3.05, 3.63) is 43.0 Å². The Kier molecular flexibility index (Phi) is 2.76. The van der Waals surface area contributed by atoms with E-state index in [9.17, 15) is 0 Å². The molecule has 15 heavy (non-hydrogen) atoms. The van der Waals surface area contributed by atoms with Crippen molar-refractivity contribution in [2.45, 2.75) is 25.7 Å². The standard InChI is InChI=1S/2C5H5.C2H4.CH3.ClH.Zr/c2*1-2-4-5-3-1;1-2;;;/h2*1-3H,4H2;1-2H2;1H3;1H;/q;;;;;+1/p-1. The Labute approximate surface area is 99.4 Å². The topological polar surface area (TPSA) is 0 Å². The first-order valence-electron chi connectivity index (χ1n) is 5.64. The summed E-state index contributed by atoms with van der Waals surface area (Å²) in [5, 5.41) is 0. The third kappa shape index (κ3) is 1.51. The zero-order valence-electron chi connectivity index (χ0n) is 9.17. The van der Waals surface area contributed by atoms with E-state index < -0.39 is 18.8 Å². The van der Waals surface area contributed by atoms with Gasteiger partial charge in [-0.1, -0.05) is 0 Å². The van der Waals surface area contributed by atoms with Gasteiger partial charge in [-0.05, 0) is 0 Å². The Hall–Kier alpha value is 0.133. The fourth-order valence-corrected chi connectivity index (χ4v) is 22.1. The summed E-state index contributed by atoms with van der Waals surface area (Å²) in [5.41, 5.74) is 0. The van der Waals surface area contributed by atoms with Gasteiger partial charge in [0.05, 0.1) is 0 Å². The molecular weight excluding hydrogens is 283 g/mol. The zero-order chi connectivity index (χ0) is 9.67. The van der Waals surface area contributed by atoms with Crippen LogP contribution in [0.15, 0.2) is 43.0 Å². The normalized spacial score (nSPS) is 27.8. The maximum Gasteiger partial charge on any atom is -1.00 e. The molecule has 2 heteroatoms. The Balaban J connectivity index is 0.000000853. The van der Waals surface area contributed by atoms with Crippen LogP contribution in [-0.4, -0.2) is 0 Å². The van der Waals surface area contributed by atoms with E-state index in [1.807, 2.05) is 6.56 Å². The maximum atomic E-state index is 2.67. The summed E-state index contributed by atoms with van der Waals surface area (Å²) in [6.07, 6.45) is 16.6. The summed E-state index contributed by atoms with van der Waals surface area (Å²) >= 11 is -2.40. The largest absolute Gasteiger partial charge is 1.00 e. The predicted molar refractivity (Wildman–Crippen MR) is 59.2 cm³/mol. The quantitative estimate of drug-likeness (QED) is 0.720. The molecule has 0 aromatic heterocycles. The molecule has 1 saturated heterocycles. The van der Waals surface area contributed by atoms with Gasteiger partial charge in [0.15, 0.2) is 0 Å². The summed E-state index contributed by atoms with van der Waals surface area (Å²) in [7, 11) is 0. The van der Waals surface area contributed by atoms with Crippen LogP contribution in [0.3, 0.4) is 0 Å². The first-order valence-corrected chi connectivity index (χ1v) is 14.0. The molecule has 0 radical (unpaired) electrons. The monoisotopic (exact) mass is 298 g/mol. The molecule has 1 heterocycles. The molecule has 1 fully saturated rings. The van der Waals surface area contributed by atoms with Crippen molar-refractivity contribution in [3.8, 4) is 0 Å². The van der Waals surface area contributed by atoms with Crippen molar-refractivity contribution in [1.29, 1.82) is 0 Å². The van der Waals surface area contributed by atoms with Gasteiger partial charge in [0.25, 0.3) is 0 Å². The molecule has 0 saturated carbocycles. The molecule has 0 spiro atoms. The molecule has 0 amide bonds. The summed E-state index contributed by atoms with van der Waals surface area (Å²) in [4.78, 5) is 0. The minimum atomic E-state index is -2.40. The van der Waals surface area contributed by atoms with Crippen molar-refractivity contribution in [3.63, 3.8) is 0 Å². The molecule has 3 aliphatic rings. The van der Waals surface area contributed by atoms with Gasteiger partial charge in [-0.2, -0.15) is 0 Å². The van der Waals surface area contributed by atoms with Crippen LogP contribution in [0.25, 0.3) is 0 Å². The van der Waals surface area contributed by atoms with Gasteiger partial charge >= 0.3 is 87.5 Å². The van der Waals surface area contributed by atoms with Crippen LogP contribution in [0.5, 0.6) is 0 Å². The van der Waals surface area contributed by atoms with E-state index in [1.165, 1.54) is 12.8 Å². The van der Waals surface area contributed by atoms with Crippen molar-refractivity contribution < 1.29 is 31.2 Å². The first kappa shape index (κ1) is 11.6. The molecule has 0 bridgehead atoms. The molecule has 0 N–H and O–H groups in total. The third-order valence-corrected chi connectivity index (χ3v) is 21.8. The Morgan fingerprint density at radius 1 is 0.933 bits per heavy atom. The molecule has 0 unspecified atom stereocenters. The maximum absolute atomic E-state index is 2.67. The number of halogens is 1. The fraction of sp³-hybridized carbons (Fsp3) is 0.385. The van der Waals surface area contributed by atoms with Crippen molar-refractivity contribution in [2.75, 3.05) is 0 Å². The van der Waals surface area contributed by atoms with Crippen LogP contribution in [0, 0.1) is 0 Å². The van der Waals surface area contributed by atoms with E-state index >= 15 is 0 Å². The SMILES string of the molecule is [CH3][Zr+]1([C]2=CC=CC2)([C]2=CC=CC2)[CH2][CH2]1.[Cl-]. The van der Waals surface area contributed by atoms with Crippen LogP contribution < -0.4 is 12.4 Å². The third-order valence-electron chi connectivity index (χ3n) is 4.66. The first-order chi connectivity index (χ1) is 6.73. The second kappa shape index (κ2) is 3.57. The number of allylic oxidation sites excluding steroid dienone is 8. The van der Waals surface area contributed by atoms with Crippen molar-refractivity contribution in [1.82, 2.24) is 0 Å². The Bertz CT molecular complexity index is 374. The van der Waals surface area contributed by atoms with Crippen LogP contribution in [0.4, 0.5) is 0 Å². The average Bonchev–Trinajstić information content (AvgIpc) is 2.79. The van der Waals surface area contributed by atoms with Gasteiger partial charge < -0.3 is 12.4 Å². The summed E-state index contributed by atoms with van der Waals surface area (Å²) < 4.78 is 9.48. The molecule has 2 aliphatic carbocycles.